The van der Waals surface area contributed by atoms with Crippen LogP contribution in [0.25, 0.3) is 49.9 Å². The van der Waals surface area contributed by atoms with E-state index in [0.29, 0.717) is 6.67 Å². The molecule has 3 heterocycles. The minimum atomic E-state index is -0.229. The second-order valence-corrected chi connectivity index (χ2v) is 17.7. The molecule has 2 aromatic heterocycles. The number of hydrogen-bond donors (Lipinski definition) is 0. The Morgan fingerprint density at radius 2 is 1.19 bits per heavy atom. The fourth-order valence-corrected chi connectivity index (χ4v) is 9.48. The van der Waals surface area contributed by atoms with E-state index in [1.807, 2.05) is 18.3 Å². The Hall–Kier alpha value is -7.18. The van der Waals surface area contributed by atoms with Crippen LogP contribution in [0.5, 0.6) is 11.5 Å². The maximum absolute atomic E-state index is 14.6. The molecule has 0 bridgehead atoms. The van der Waals surface area contributed by atoms with Gasteiger partial charge in [-0.3, -0.25) is 4.57 Å². The van der Waals surface area contributed by atoms with Crippen LogP contribution in [0, 0.1) is 26.6 Å². The summed E-state index contributed by atoms with van der Waals surface area (Å²) in [5.41, 5.74) is 16.8. The first-order chi connectivity index (χ1) is 30.5. The Labute approximate surface area is 369 Å². The van der Waals surface area contributed by atoms with Gasteiger partial charge in [0.1, 0.15) is 29.8 Å². The van der Waals surface area contributed by atoms with Crippen LogP contribution in [0.2, 0.25) is 0 Å². The predicted octanol–water partition coefficient (Wildman–Crippen LogP) is 15.9. The number of nitrogens with zero attached hydrogens (tertiary/aromatic N) is 4. The number of anilines is 4. The van der Waals surface area contributed by atoms with Crippen LogP contribution in [-0.2, 0) is 0 Å². The van der Waals surface area contributed by atoms with Crippen molar-refractivity contribution >= 4 is 44.6 Å². The number of rotatable bonds is 9. The maximum Gasteiger partial charge on any atom is 0.137 e. The van der Waals surface area contributed by atoms with Gasteiger partial charge in [0.25, 0.3) is 0 Å². The molecule has 0 amide bonds. The summed E-state index contributed by atoms with van der Waals surface area (Å²) in [5, 5.41) is 2.31. The molecule has 9 aromatic rings. The van der Waals surface area contributed by atoms with E-state index in [1.54, 1.807) is 12.1 Å². The Kier molecular flexibility index (Phi) is 10.1. The Balaban J connectivity index is 1.11. The highest BCUT2D eigenvalue weighted by atomic mass is 19.1. The van der Waals surface area contributed by atoms with Gasteiger partial charge < -0.3 is 14.5 Å². The van der Waals surface area contributed by atoms with Gasteiger partial charge in [-0.15, -0.1) is 0 Å². The third kappa shape index (κ3) is 7.39. The molecular formula is C57H51FN4O. The fraction of sp³-hybridized carbons (Fsp3) is 0.175. The minimum absolute atomic E-state index is 0.220. The summed E-state index contributed by atoms with van der Waals surface area (Å²) in [6.07, 6.45) is 1.87. The SMILES string of the molecule is Cc1cc(C)cc(-c2cc(Oc3ccc4c5ccccc5n(-c5cc(C)ccn5)c4c3)cc(N3CN(c4c(C(C)C)cc(-c5cccc(F)c5)cc4C(C)C)c4ccccc43)c2)c1. The lowest BCUT2D eigenvalue weighted by atomic mass is 9.87. The first kappa shape index (κ1) is 39.9. The highest BCUT2D eigenvalue weighted by Gasteiger charge is 2.32. The molecule has 0 saturated heterocycles. The summed E-state index contributed by atoms with van der Waals surface area (Å²) in [4.78, 5) is 9.70. The molecule has 0 unspecified atom stereocenters. The van der Waals surface area contributed by atoms with Crippen LogP contribution in [0.3, 0.4) is 0 Å². The molecule has 0 N–H and O–H groups in total. The average molecular weight is 827 g/mol. The number of pyridine rings is 1. The second-order valence-electron chi connectivity index (χ2n) is 17.7. The Bertz CT molecular complexity index is 3170. The van der Waals surface area contributed by atoms with Crippen molar-refractivity contribution in [3.63, 3.8) is 0 Å². The van der Waals surface area contributed by atoms with E-state index in [2.05, 4.69) is 184 Å². The zero-order valence-corrected chi connectivity index (χ0v) is 36.9. The molecule has 0 aliphatic carbocycles. The van der Waals surface area contributed by atoms with Crippen molar-refractivity contribution in [2.24, 2.45) is 0 Å². The van der Waals surface area contributed by atoms with Crippen LogP contribution in [0.15, 0.2) is 158 Å². The normalized spacial score (nSPS) is 12.6. The molecule has 63 heavy (non-hydrogen) atoms. The number of benzene rings is 7. The summed E-state index contributed by atoms with van der Waals surface area (Å²) in [7, 11) is 0. The molecule has 0 fully saturated rings. The van der Waals surface area contributed by atoms with Crippen molar-refractivity contribution in [1.29, 1.82) is 0 Å². The monoisotopic (exact) mass is 826 g/mol. The highest BCUT2D eigenvalue weighted by Crippen LogP contribution is 2.50. The predicted molar refractivity (Wildman–Crippen MR) is 260 cm³/mol. The third-order valence-electron chi connectivity index (χ3n) is 12.4. The van der Waals surface area contributed by atoms with Crippen LogP contribution < -0.4 is 14.5 Å². The summed E-state index contributed by atoms with van der Waals surface area (Å²) >= 11 is 0. The van der Waals surface area contributed by atoms with Gasteiger partial charge in [-0.05, 0) is 150 Å². The number of ether oxygens (including phenoxy) is 1. The lowest BCUT2D eigenvalue weighted by molar-refractivity contribution is 0.483. The quantitative estimate of drug-likeness (QED) is 0.145. The molecule has 7 aromatic carbocycles. The smallest absolute Gasteiger partial charge is 0.137 e. The Morgan fingerprint density at radius 3 is 1.90 bits per heavy atom. The van der Waals surface area contributed by atoms with Crippen molar-refractivity contribution in [3.05, 3.63) is 191 Å². The number of aromatic nitrogens is 2. The van der Waals surface area contributed by atoms with E-state index >= 15 is 0 Å². The summed E-state index contributed by atoms with van der Waals surface area (Å²) in [6, 6.07) is 52.6. The fourth-order valence-electron chi connectivity index (χ4n) is 9.48. The van der Waals surface area contributed by atoms with Gasteiger partial charge in [0.15, 0.2) is 0 Å². The van der Waals surface area contributed by atoms with Gasteiger partial charge in [0.05, 0.1) is 22.4 Å². The topological polar surface area (TPSA) is 33.5 Å². The zero-order chi connectivity index (χ0) is 43.5. The molecule has 0 saturated carbocycles. The second kappa shape index (κ2) is 15.9. The summed E-state index contributed by atoms with van der Waals surface area (Å²) in [6.45, 7) is 16.0. The summed E-state index contributed by atoms with van der Waals surface area (Å²) < 4.78 is 23.8. The lowest BCUT2D eigenvalue weighted by Crippen LogP contribution is -2.26. The van der Waals surface area contributed by atoms with Crippen LogP contribution in [0.4, 0.5) is 27.1 Å². The third-order valence-corrected chi connectivity index (χ3v) is 12.4. The van der Waals surface area contributed by atoms with Gasteiger partial charge in [-0.25, -0.2) is 9.37 Å². The van der Waals surface area contributed by atoms with E-state index in [0.717, 1.165) is 78.6 Å². The molecule has 0 spiro atoms. The largest absolute Gasteiger partial charge is 0.457 e. The highest BCUT2D eigenvalue weighted by molar-refractivity contribution is 6.09. The molecule has 6 heteroatoms. The van der Waals surface area contributed by atoms with Gasteiger partial charge in [0, 0.05) is 40.5 Å². The number of aryl methyl sites for hydroxylation is 3. The molecule has 1 aliphatic rings. The van der Waals surface area contributed by atoms with Gasteiger partial charge in [-0.1, -0.05) is 99.5 Å². The van der Waals surface area contributed by atoms with Crippen LogP contribution >= 0.6 is 0 Å². The van der Waals surface area contributed by atoms with Crippen molar-refractivity contribution in [2.45, 2.75) is 60.3 Å². The van der Waals surface area contributed by atoms with Crippen molar-refractivity contribution in [2.75, 3.05) is 16.5 Å². The summed E-state index contributed by atoms with van der Waals surface area (Å²) in [5.74, 6) is 2.58. The first-order valence-electron chi connectivity index (χ1n) is 21.9. The van der Waals surface area contributed by atoms with Gasteiger partial charge in [-0.2, -0.15) is 0 Å². The van der Waals surface area contributed by atoms with Gasteiger partial charge in [0.2, 0.25) is 0 Å². The number of para-hydroxylation sites is 3. The lowest BCUT2D eigenvalue weighted by Gasteiger charge is -2.30. The molecule has 5 nitrogen and oxygen atoms in total. The van der Waals surface area contributed by atoms with Crippen molar-refractivity contribution in [1.82, 2.24) is 9.55 Å². The molecule has 312 valence electrons. The number of fused-ring (bicyclic) bond motifs is 4. The number of hydrogen-bond acceptors (Lipinski definition) is 4. The van der Waals surface area contributed by atoms with E-state index in [9.17, 15) is 4.39 Å². The molecule has 0 atom stereocenters. The van der Waals surface area contributed by atoms with E-state index in [4.69, 9.17) is 9.72 Å². The standard InChI is InChI=1S/C57H51FN4O/c1-35(2)50-30-43(40-13-12-14-44(58)27-40)31-51(36(3)4)57(50)61-34-60(53-17-10-11-18-54(53)61)45-28-42(41-24-38(6)23-39(7)25-41)29-47(32-45)63-46-19-20-49-48-15-8-9-16-52(48)62(55(49)33-46)56-26-37(5)21-22-59-56/h8-33,35-36H,34H2,1-7H3. The van der Waals surface area contributed by atoms with Crippen molar-refractivity contribution < 1.29 is 9.13 Å². The maximum atomic E-state index is 14.6. The number of halogens is 1. The van der Waals surface area contributed by atoms with E-state index < -0.39 is 0 Å². The molecule has 10 rings (SSSR count). The zero-order valence-electron chi connectivity index (χ0n) is 36.9. The van der Waals surface area contributed by atoms with E-state index in [-0.39, 0.29) is 17.7 Å². The van der Waals surface area contributed by atoms with Gasteiger partial charge >= 0.3 is 0 Å². The molecule has 0 radical (unpaired) electrons. The first-order valence-corrected chi connectivity index (χ1v) is 21.9. The van der Waals surface area contributed by atoms with Crippen molar-refractivity contribution in [3.8, 4) is 39.6 Å². The Morgan fingerprint density at radius 1 is 0.524 bits per heavy atom. The van der Waals surface area contributed by atoms with E-state index in [1.165, 1.54) is 39.4 Å². The molecule has 1 aliphatic heterocycles. The minimum Gasteiger partial charge on any atom is -0.457 e. The van der Waals surface area contributed by atoms with Crippen LogP contribution in [0.1, 0.15) is 67.3 Å². The average Bonchev–Trinajstić information content (AvgIpc) is 3.81. The molecular weight excluding hydrogens is 776 g/mol. The van der Waals surface area contributed by atoms with Crippen LogP contribution in [-0.4, -0.2) is 16.2 Å².